The first kappa shape index (κ1) is 39.7. The number of aliphatic hydroxyl groups excluding tert-OH is 2. The number of aliphatic hydroxyl groups is 2. The van der Waals surface area contributed by atoms with Gasteiger partial charge >= 0.3 is 0 Å². The lowest BCUT2D eigenvalue weighted by Crippen LogP contribution is -2.49. The maximum atomic E-state index is 13.3. The van der Waals surface area contributed by atoms with Gasteiger partial charge in [-0.25, -0.2) is 9.67 Å². The van der Waals surface area contributed by atoms with Crippen LogP contribution in [0.15, 0.2) is 139 Å². The number of methoxy groups -OCH3 is 1. The van der Waals surface area contributed by atoms with Crippen molar-refractivity contribution in [2.24, 2.45) is 5.92 Å². The van der Waals surface area contributed by atoms with Crippen molar-refractivity contribution in [3.8, 4) is 16.9 Å². The van der Waals surface area contributed by atoms with Crippen molar-refractivity contribution < 1.29 is 24.5 Å². The fraction of sp³-hybridized carbons (Fsp3) is 0.217. The number of hydrogen-bond acceptors (Lipinski definition) is 10. The molecule has 0 bridgehead atoms. The van der Waals surface area contributed by atoms with Crippen molar-refractivity contribution in [3.63, 3.8) is 0 Å². The standard InChI is InChI=1S/C46H41ClN8O6/c1-26(2)42(58)50-45-49-41-36(43(59)51-45)48-25-54(41)44-38(57)37(56)39(61-44)40(55-34-20-12-18-32(35(34)52-53-55)31-17-10-11-19-33(31)47)46(27-13-6-4-7-14-27,28-15-8-5-9-16-28)29-21-23-30(60-3)24-22-29/h4-26,37-40,44,56-57H,1-3H3,(H2,49,50,51,58,59)/t37-,38+,39-,40?,44+/m0/s1. The van der Waals surface area contributed by atoms with Crippen molar-refractivity contribution in [2.45, 2.75) is 49.8 Å². The summed E-state index contributed by atoms with van der Waals surface area (Å²) in [4.78, 5) is 37.3. The Kier molecular flexibility index (Phi) is 10.5. The first-order chi connectivity index (χ1) is 29.6. The van der Waals surface area contributed by atoms with Gasteiger partial charge in [0.05, 0.1) is 24.4 Å². The molecule has 1 amide bonds. The average molecular weight is 837 g/mol. The van der Waals surface area contributed by atoms with Crippen molar-refractivity contribution in [1.29, 1.82) is 0 Å². The van der Waals surface area contributed by atoms with Crippen LogP contribution in [-0.2, 0) is 14.9 Å². The maximum Gasteiger partial charge on any atom is 0.280 e. The van der Waals surface area contributed by atoms with Gasteiger partial charge in [-0.3, -0.25) is 24.5 Å². The molecule has 308 valence electrons. The van der Waals surface area contributed by atoms with Gasteiger partial charge in [-0.1, -0.05) is 134 Å². The van der Waals surface area contributed by atoms with Crippen molar-refractivity contribution >= 4 is 45.7 Å². The van der Waals surface area contributed by atoms with Gasteiger partial charge in [-0.15, -0.1) is 5.10 Å². The van der Waals surface area contributed by atoms with Crippen LogP contribution in [0.2, 0.25) is 5.02 Å². The molecule has 5 atom stereocenters. The topological polar surface area (TPSA) is 182 Å². The molecule has 1 saturated heterocycles. The van der Waals surface area contributed by atoms with Crippen LogP contribution < -0.4 is 15.6 Å². The van der Waals surface area contributed by atoms with Gasteiger partial charge in [0.1, 0.15) is 35.6 Å². The van der Waals surface area contributed by atoms with Crippen LogP contribution >= 0.6 is 11.6 Å². The monoisotopic (exact) mass is 836 g/mol. The minimum absolute atomic E-state index is 0.0272. The van der Waals surface area contributed by atoms with Gasteiger partial charge < -0.3 is 19.7 Å². The van der Waals surface area contributed by atoms with E-state index in [2.05, 4.69) is 20.3 Å². The fourth-order valence-electron chi connectivity index (χ4n) is 8.51. The molecule has 14 nitrogen and oxygen atoms in total. The third-order valence-electron chi connectivity index (χ3n) is 11.4. The summed E-state index contributed by atoms with van der Waals surface area (Å²) in [6, 6.07) is 39.6. The molecule has 15 heteroatoms. The van der Waals surface area contributed by atoms with Crippen LogP contribution in [-0.4, -0.2) is 76.1 Å². The second-order valence-electron chi connectivity index (χ2n) is 15.3. The summed E-state index contributed by atoms with van der Waals surface area (Å²) < 4.78 is 15.8. The Labute approximate surface area is 354 Å². The largest absolute Gasteiger partial charge is 0.497 e. The van der Waals surface area contributed by atoms with Crippen LogP contribution in [0.4, 0.5) is 5.95 Å². The van der Waals surface area contributed by atoms with Crippen LogP contribution in [0.1, 0.15) is 42.8 Å². The third-order valence-corrected chi connectivity index (χ3v) is 11.8. The van der Waals surface area contributed by atoms with E-state index in [1.807, 2.05) is 127 Å². The van der Waals surface area contributed by atoms with E-state index in [1.54, 1.807) is 25.6 Å². The summed E-state index contributed by atoms with van der Waals surface area (Å²) >= 11 is 6.77. The zero-order valence-electron chi connectivity index (χ0n) is 33.3. The van der Waals surface area contributed by atoms with Gasteiger partial charge in [0.2, 0.25) is 11.9 Å². The number of nitrogens with zero attached hydrogens (tertiary/aromatic N) is 6. The lowest BCUT2D eigenvalue weighted by atomic mass is 9.62. The molecule has 4 N–H and O–H groups in total. The maximum absolute atomic E-state index is 13.3. The summed E-state index contributed by atoms with van der Waals surface area (Å²) in [5, 5.41) is 37.6. The molecule has 0 aliphatic carbocycles. The van der Waals surface area contributed by atoms with Crippen LogP contribution in [0.3, 0.4) is 0 Å². The van der Waals surface area contributed by atoms with Crippen molar-refractivity contribution in [2.75, 3.05) is 12.4 Å². The number of imidazole rings is 1. The predicted octanol–water partition coefficient (Wildman–Crippen LogP) is 6.68. The van der Waals surface area contributed by atoms with Gasteiger partial charge in [0, 0.05) is 22.1 Å². The highest BCUT2D eigenvalue weighted by molar-refractivity contribution is 6.33. The Morgan fingerprint density at radius 3 is 2.13 bits per heavy atom. The summed E-state index contributed by atoms with van der Waals surface area (Å²) in [6.45, 7) is 3.42. The number of ether oxygens (including phenoxy) is 2. The highest BCUT2D eigenvalue weighted by atomic mass is 35.5. The minimum Gasteiger partial charge on any atom is -0.497 e. The molecule has 8 aromatic rings. The number of rotatable bonds is 11. The summed E-state index contributed by atoms with van der Waals surface area (Å²) in [5.74, 6) is -0.224. The van der Waals surface area contributed by atoms with E-state index in [1.165, 1.54) is 10.9 Å². The molecule has 1 aliphatic heterocycles. The minimum atomic E-state index is -1.58. The Balaban J connectivity index is 1.31. The van der Waals surface area contributed by atoms with E-state index in [0.29, 0.717) is 21.8 Å². The number of aromatic amines is 1. The van der Waals surface area contributed by atoms with E-state index in [9.17, 15) is 19.8 Å². The number of amides is 1. The van der Waals surface area contributed by atoms with E-state index in [-0.39, 0.29) is 23.0 Å². The average Bonchev–Trinajstić information content (AvgIpc) is 3.99. The van der Waals surface area contributed by atoms with Gasteiger partial charge in [0.25, 0.3) is 5.56 Å². The summed E-state index contributed by atoms with van der Waals surface area (Å²) in [5.41, 5.74) is 3.24. The Morgan fingerprint density at radius 2 is 1.48 bits per heavy atom. The number of carbonyl (C=O) groups is 1. The number of hydrogen-bond donors (Lipinski definition) is 4. The van der Waals surface area contributed by atoms with Crippen LogP contribution in [0, 0.1) is 5.92 Å². The quantitative estimate of drug-likeness (QED) is 0.103. The van der Waals surface area contributed by atoms with Gasteiger partial charge in [0.15, 0.2) is 17.4 Å². The SMILES string of the molecule is COc1ccc(C(c2ccccc2)(c2ccccc2)C([C@H]2O[C@@H](n3cnc4c(=O)[nH]c(NC(=O)C(C)C)nc43)[C@H](O)[C@@H]2O)n2nnc3c(-c4ccccc4Cl)cccc32)cc1. The number of anilines is 1. The Bertz CT molecular complexity index is 2880. The molecule has 61 heavy (non-hydrogen) atoms. The lowest BCUT2D eigenvalue weighted by molar-refractivity contribution is -0.118. The highest BCUT2D eigenvalue weighted by Crippen LogP contribution is 2.53. The summed E-state index contributed by atoms with van der Waals surface area (Å²) in [7, 11) is 1.60. The van der Waals surface area contributed by atoms with E-state index < -0.39 is 47.5 Å². The molecule has 1 aliphatic rings. The molecular formula is C46H41ClN8O6. The smallest absolute Gasteiger partial charge is 0.280 e. The fourth-order valence-corrected chi connectivity index (χ4v) is 8.75. The predicted molar refractivity (Wildman–Crippen MR) is 230 cm³/mol. The van der Waals surface area contributed by atoms with E-state index in [0.717, 1.165) is 27.8 Å². The molecule has 5 aromatic carbocycles. The van der Waals surface area contributed by atoms with Crippen LogP contribution in [0.5, 0.6) is 5.75 Å². The second-order valence-corrected chi connectivity index (χ2v) is 15.7. The number of H-pyrrole nitrogens is 1. The Hall–Kier alpha value is -6.71. The molecule has 1 unspecified atom stereocenters. The van der Waals surface area contributed by atoms with Crippen molar-refractivity contribution in [1.82, 2.24) is 34.5 Å². The number of halogens is 1. The molecule has 1 fully saturated rings. The number of nitrogens with one attached hydrogen (secondary N) is 2. The summed E-state index contributed by atoms with van der Waals surface area (Å²) in [6.07, 6.45) is -4.37. The first-order valence-corrected chi connectivity index (χ1v) is 20.1. The van der Waals surface area contributed by atoms with Crippen molar-refractivity contribution in [3.05, 3.63) is 166 Å². The number of carbonyl (C=O) groups excluding carboxylic acids is 1. The normalized spacial score (nSPS) is 18.5. The molecule has 4 heterocycles. The molecule has 9 rings (SSSR count). The Morgan fingerprint density at radius 1 is 0.836 bits per heavy atom. The van der Waals surface area contributed by atoms with E-state index in [4.69, 9.17) is 31.4 Å². The first-order valence-electron chi connectivity index (χ1n) is 19.8. The number of fused-ring (bicyclic) bond motifs is 2. The lowest BCUT2D eigenvalue weighted by Gasteiger charge is -2.45. The van der Waals surface area contributed by atoms with Gasteiger partial charge in [-0.05, 0) is 41.0 Å². The zero-order chi connectivity index (χ0) is 42.4. The molecule has 0 saturated carbocycles. The molecule has 0 spiro atoms. The third kappa shape index (κ3) is 6.73. The zero-order valence-corrected chi connectivity index (χ0v) is 34.0. The van der Waals surface area contributed by atoms with Gasteiger partial charge in [-0.2, -0.15) is 4.98 Å². The molecule has 0 radical (unpaired) electrons. The number of benzene rings is 5. The van der Waals surface area contributed by atoms with Crippen LogP contribution in [0.25, 0.3) is 33.3 Å². The second kappa shape index (κ2) is 16.0. The highest BCUT2D eigenvalue weighted by Gasteiger charge is 2.57. The van der Waals surface area contributed by atoms with E-state index >= 15 is 0 Å². The molecular weight excluding hydrogens is 796 g/mol. The number of aromatic nitrogens is 7. The molecule has 3 aromatic heterocycles.